The van der Waals surface area contributed by atoms with E-state index in [9.17, 15) is 0 Å². The molecule has 0 spiro atoms. The normalized spacial score (nSPS) is 14.6. The second kappa shape index (κ2) is 7.04. The lowest BCUT2D eigenvalue weighted by Gasteiger charge is -2.14. The number of rotatable bonds is 6. The van der Waals surface area contributed by atoms with E-state index < -0.39 is 0 Å². The van der Waals surface area contributed by atoms with E-state index >= 15 is 0 Å². The van der Waals surface area contributed by atoms with E-state index in [-0.39, 0.29) is 12.6 Å². The van der Waals surface area contributed by atoms with Gasteiger partial charge < -0.3 is 10.8 Å². The Bertz CT molecular complexity index is 334. The molecule has 1 aromatic rings. The monoisotopic (exact) mass is 253 g/mol. The highest BCUT2D eigenvalue weighted by molar-refractivity contribution is 7.99. The first-order valence-electron chi connectivity index (χ1n) is 6.05. The van der Waals surface area contributed by atoms with Gasteiger partial charge in [-0.05, 0) is 31.1 Å². The molecule has 0 bridgehead atoms. The van der Waals surface area contributed by atoms with Gasteiger partial charge in [0.1, 0.15) is 0 Å². The van der Waals surface area contributed by atoms with Gasteiger partial charge >= 0.3 is 0 Å². The Labute approximate surface area is 109 Å². The van der Waals surface area contributed by atoms with Crippen LogP contribution in [0.2, 0.25) is 0 Å². The molecular weight excluding hydrogens is 230 g/mol. The number of thioether (sulfide) groups is 1. The zero-order valence-electron chi connectivity index (χ0n) is 10.9. The molecule has 1 rings (SSSR count). The summed E-state index contributed by atoms with van der Waals surface area (Å²) in [4.78, 5) is 0. The van der Waals surface area contributed by atoms with Crippen LogP contribution in [0.4, 0.5) is 0 Å². The first kappa shape index (κ1) is 14.6. The van der Waals surface area contributed by atoms with Crippen LogP contribution < -0.4 is 5.73 Å². The number of hydrogen-bond donors (Lipinski definition) is 2. The molecule has 0 aliphatic carbocycles. The van der Waals surface area contributed by atoms with E-state index in [4.69, 9.17) is 10.8 Å². The number of aryl methyl sites for hydroxylation is 2. The summed E-state index contributed by atoms with van der Waals surface area (Å²) >= 11 is 1.82. The van der Waals surface area contributed by atoms with Crippen LogP contribution in [0.1, 0.15) is 29.7 Å². The van der Waals surface area contributed by atoms with Crippen LogP contribution in [0.25, 0.3) is 0 Å². The molecule has 0 saturated heterocycles. The molecule has 3 N–H and O–H groups in total. The fraction of sp³-hybridized carbons (Fsp3) is 0.571. The van der Waals surface area contributed by atoms with Crippen LogP contribution in [0.5, 0.6) is 0 Å². The van der Waals surface area contributed by atoms with Crippen molar-refractivity contribution in [2.45, 2.75) is 26.8 Å². The molecule has 0 radical (unpaired) electrons. The molecule has 2 nitrogen and oxygen atoms in total. The van der Waals surface area contributed by atoms with E-state index in [2.05, 4.69) is 39.0 Å². The van der Waals surface area contributed by atoms with Crippen molar-refractivity contribution >= 4 is 11.8 Å². The lowest BCUT2D eigenvalue weighted by Crippen LogP contribution is -2.15. The van der Waals surface area contributed by atoms with Crippen LogP contribution in [0.3, 0.4) is 0 Å². The molecule has 0 heterocycles. The van der Waals surface area contributed by atoms with Gasteiger partial charge in [0, 0.05) is 18.4 Å². The first-order valence-corrected chi connectivity index (χ1v) is 7.20. The minimum absolute atomic E-state index is 0.0875. The van der Waals surface area contributed by atoms with Crippen LogP contribution in [-0.2, 0) is 0 Å². The molecule has 2 atom stereocenters. The molecule has 0 fully saturated rings. The second-order valence-corrected chi connectivity index (χ2v) is 5.93. The maximum absolute atomic E-state index is 8.95. The first-order chi connectivity index (χ1) is 8.02. The molecule has 0 saturated carbocycles. The SMILES string of the molecule is Cc1cc(C)cc(C(N)CSCC(C)CO)c1. The second-order valence-electron chi connectivity index (χ2n) is 4.85. The number of aliphatic hydroxyl groups is 1. The fourth-order valence-electron chi connectivity index (χ4n) is 1.77. The quantitative estimate of drug-likeness (QED) is 0.819. The third-order valence-electron chi connectivity index (χ3n) is 2.68. The average Bonchev–Trinajstić information content (AvgIpc) is 2.27. The third-order valence-corrected chi connectivity index (χ3v) is 4.08. The molecule has 0 aromatic heterocycles. The number of nitrogens with two attached hydrogens (primary N) is 1. The highest BCUT2D eigenvalue weighted by atomic mass is 32.2. The van der Waals surface area contributed by atoms with Crippen molar-refractivity contribution in [1.29, 1.82) is 0 Å². The van der Waals surface area contributed by atoms with Gasteiger partial charge in [0.2, 0.25) is 0 Å². The zero-order valence-corrected chi connectivity index (χ0v) is 11.8. The Balaban J connectivity index is 2.49. The number of hydrogen-bond acceptors (Lipinski definition) is 3. The summed E-state index contributed by atoms with van der Waals surface area (Å²) in [6, 6.07) is 6.57. The molecule has 3 heteroatoms. The van der Waals surface area contributed by atoms with Crippen molar-refractivity contribution in [2.75, 3.05) is 18.1 Å². The molecule has 0 aliphatic heterocycles. The molecule has 2 unspecified atom stereocenters. The van der Waals surface area contributed by atoms with Crippen molar-refractivity contribution in [3.8, 4) is 0 Å². The van der Waals surface area contributed by atoms with Crippen LogP contribution in [-0.4, -0.2) is 23.2 Å². The molecule has 17 heavy (non-hydrogen) atoms. The van der Waals surface area contributed by atoms with E-state index in [1.165, 1.54) is 16.7 Å². The van der Waals surface area contributed by atoms with Gasteiger partial charge in [0.25, 0.3) is 0 Å². The number of benzene rings is 1. The molecule has 0 amide bonds. The van der Waals surface area contributed by atoms with E-state index in [0.29, 0.717) is 5.92 Å². The smallest absolute Gasteiger partial charge is 0.0464 e. The summed E-state index contributed by atoms with van der Waals surface area (Å²) < 4.78 is 0. The van der Waals surface area contributed by atoms with Crippen molar-refractivity contribution in [3.05, 3.63) is 34.9 Å². The predicted molar refractivity (Wildman–Crippen MR) is 76.4 cm³/mol. The van der Waals surface area contributed by atoms with Crippen molar-refractivity contribution in [1.82, 2.24) is 0 Å². The van der Waals surface area contributed by atoms with Crippen molar-refractivity contribution in [3.63, 3.8) is 0 Å². The summed E-state index contributed by atoms with van der Waals surface area (Å²) in [6.45, 7) is 6.51. The zero-order chi connectivity index (χ0) is 12.8. The Morgan fingerprint density at radius 2 is 1.76 bits per heavy atom. The average molecular weight is 253 g/mol. The summed E-state index contributed by atoms with van der Waals surface area (Å²) in [7, 11) is 0. The van der Waals surface area contributed by atoms with Crippen LogP contribution in [0.15, 0.2) is 18.2 Å². The lowest BCUT2D eigenvalue weighted by molar-refractivity contribution is 0.250. The van der Waals surface area contributed by atoms with Crippen LogP contribution in [0, 0.1) is 19.8 Å². The van der Waals surface area contributed by atoms with Gasteiger partial charge in [-0.1, -0.05) is 36.2 Å². The highest BCUT2D eigenvalue weighted by Crippen LogP contribution is 2.20. The lowest BCUT2D eigenvalue weighted by atomic mass is 10.0. The summed E-state index contributed by atoms with van der Waals surface area (Å²) in [5.41, 5.74) is 9.93. The van der Waals surface area contributed by atoms with E-state index in [1.54, 1.807) is 0 Å². The Hall–Kier alpha value is -0.510. The molecule has 1 aromatic carbocycles. The Kier molecular flexibility index (Phi) is 6.03. The topological polar surface area (TPSA) is 46.2 Å². The van der Waals surface area contributed by atoms with E-state index in [0.717, 1.165) is 11.5 Å². The minimum Gasteiger partial charge on any atom is -0.396 e. The van der Waals surface area contributed by atoms with Gasteiger partial charge in [-0.15, -0.1) is 0 Å². The van der Waals surface area contributed by atoms with Crippen molar-refractivity contribution in [2.24, 2.45) is 11.7 Å². The fourth-order valence-corrected chi connectivity index (χ4v) is 2.86. The standard InChI is InChI=1S/C14H23NOS/c1-10-4-11(2)6-13(5-10)14(15)9-17-8-12(3)7-16/h4-6,12,14,16H,7-9,15H2,1-3H3. The van der Waals surface area contributed by atoms with Gasteiger partial charge in [0.15, 0.2) is 0 Å². The molecule has 96 valence electrons. The molecular formula is C14H23NOS. The predicted octanol–water partition coefficient (Wildman–Crippen LogP) is 2.66. The van der Waals surface area contributed by atoms with Gasteiger partial charge in [0.05, 0.1) is 0 Å². The summed E-state index contributed by atoms with van der Waals surface area (Å²) in [6.07, 6.45) is 0. The third kappa shape index (κ3) is 5.11. The maximum Gasteiger partial charge on any atom is 0.0464 e. The summed E-state index contributed by atoms with van der Waals surface area (Å²) in [5, 5.41) is 8.95. The Morgan fingerprint density at radius 1 is 1.18 bits per heavy atom. The highest BCUT2D eigenvalue weighted by Gasteiger charge is 2.08. The number of aliphatic hydroxyl groups excluding tert-OH is 1. The van der Waals surface area contributed by atoms with Gasteiger partial charge in [-0.25, -0.2) is 0 Å². The Morgan fingerprint density at radius 3 is 2.29 bits per heavy atom. The largest absolute Gasteiger partial charge is 0.396 e. The minimum atomic E-state index is 0.0875. The van der Waals surface area contributed by atoms with Crippen LogP contribution >= 0.6 is 11.8 Å². The van der Waals surface area contributed by atoms with Gasteiger partial charge in [-0.2, -0.15) is 11.8 Å². The van der Waals surface area contributed by atoms with Gasteiger partial charge in [-0.3, -0.25) is 0 Å². The molecule has 0 aliphatic rings. The summed E-state index contributed by atoms with van der Waals surface area (Å²) in [5.74, 6) is 2.23. The van der Waals surface area contributed by atoms with E-state index in [1.807, 2.05) is 11.8 Å². The van der Waals surface area contributed by atoms with Crippen molar-refractivity contribution < 1.29 is 5.11 Å². The maximum atomic E-state index is 8.95.